The molecule has 0 unspecified atom stereocenters. The number of carbonyl (C=O) groups excluding carboxylic acids is 4. The summed E-state index contributed by atoms with van der Waals surface area (Å²) >= 11 is 0. The molecule has 0 spiro atoms. The highest BCUT2D eigenvalue weighted by Gasteiger charge is 2.52. The summed E-state index contributed by atoms with van der Waals surface area (Å²) in [6.45, 7) is 18.8. The molecule has 11 heteroatoms. The molecule has 0 aromatic rings. The van der Waals surface area contributed by atoms with Crippen molar-refractivity contribution in [2.75, 3.05) is 13.2 Å². The van der Waals surface area contributed by atoms with E-state index >= 15 is 0 Å². The maximum atomic E-state index is 13.2. The Morgan fingerprint density at radius 2 is 1.54 bits per heavy atom. The molecule has 0 radical (unpaired) electrons. The average molecular weight is 517 g/mol. The van der Waals surface area contributed by atoms with Crippen LogP contribution in [0.2, 0.25) is 19.6 Å². The lowest BCUT2D eigenvalue weighted by Crippen LogP contribution is -2.70. The SMILES string of the molecule is CCOC(=O)[C@](CCCCNC(=O)OC(C)(C)C)(NC(=O)[C@H](C)NC(=O)[C@@H](N)C(C)C)[Si](C)(C)C. The van der Waals surface area contributed by atoms with Crippen LogP contribution in [0.4, 0.5) is 4.79 Å². The molecule has 3 amide bonds. The fourth-order valence-electron chi connectivity index (χ4n) is 3.35. The lowest BCUT2D eigenvalue weighted by Gasteiger charge is -2.42. The van der Waals surface area contributed by atoms with Crippen LogP contribution in [-0.4, -0.2) is 67.9 Å². The minimum atomic E-state index is -2.40. The third-order valence-corrected chi connectivity index (χ3v) is 8.80. The quantitative estimate of drug-likeness (QED) is 0.167. The van der Waals surface area contributed by atoms with E-state index in [0.29, 0.717) is 25.8 Å². The summed E-state index contributed by atoms with van der Waals surface area (Å²) < 4.78 is 10.6. The highest BCUT2D eigenvalue weighted by Crippen LogP contribution is 2.29. The molecule has 3 atom stereocenters. The molecular weight excluding hydrogens is 468 g/mol. The largest absolute Gasteiger partial charge is 0.464 e. The molecule has 0 aromatic carbocycles. The number of esters is 1. The van der Waals surface area contributed by atoms with E-state index in [0.717, 1.165) is 0 Å². The Hall–Kier alpha value is -2.14. The lowest BCUT2D eigenvalue weighted by molar-refractivity contribution is -0.150. The van der Waals surface area contributed by atoms with Gasteiger partial charge in [-0.15, -0.1) is 0 Å². The summed E-state index contributed by atoms with van der Waals surface area (Å²) in [5.74, 6) is -1.47. The standard InChI is InChI=1S/C24H48N4O6Si/c1-11-33-21(31)24(35(8,9)10,14-12-13-15-26-22(32)34-23(5,6)7)28-19(29)17(4)27-20(30)18(25)16(2)3/h16-18H,11-15,25H2,1-10H3,(H,26,32)(H,27,30)(H,28,29)/t17-,18-,24+/m0/s1. The number of rotatable bonds is 13. The van der Waals surface area contributed by atoms with Gasteiger partial charge in [-0.25, -0.2) is 9.59 Å². The van der Waals surface area contributed by atoms with Crippen LogP contribution in [0.5, 0.6) is 0 Å². The Morgan fingerprint density at radius 1 is 0.971 bits per heavy atom. The zero-order valence-electron chi connectivity index (χ0n) is 23.3. The normalized spacial score (nSPS) is 15.4. The van der Waals surface area contributed by atoms with E-state index in [-0.39, 0.29) is 12.5 Å². The molecule has 0 aliphatic rings. The monoisotopic (exact) mass is 516 g/mol. The predicted octanol–water partition coefficient (Wildman–Crippen LogP) is 2.46. The average Bonchev–Trinajstić information content (AvgIpc) is 2.69. The van der Waals surface area contributed by atoms with Gasteiger partial charge in [0, 0.05) is 6.54 Å². The molecule has 0 aliphatic carbocycles. The molecule has 0 saturated carbocycles. The fourth-order valence-corrected chi connectivity index (χ4v) is 5.46. The molecule has 10 nitrogen and oxygen atoms in total. The molecule has 0 aromatic heterocycles. The van der Waals surface area contributed by atoms with Gasteiger partial charge in [-0.2, -0.15) is 0 Å². The van der Waals surface area contributed by atoms with Gasteiger partial charge >= 0.3 is 12.1 Å². The molecular formula is C24H48N4O6Si. The van der Waals surface area contributed by atoms with Crippen LogP contribution in [0.1, 0.15) is 67.7 Å². The molecule has 0 saturated heterocycles. The van der Waals surface area contributed by atoms with Crippen LogP contribution in [-0.2, 0) is 23.9 Å². The number of amides is 3. The summed E-state index contributed by atoms with van der Waals surface area (Å²) in [6, 6.07) is -1.62. The van der Waals surface area contributed by atoms with Crippen LogP contribution in [0.15, 0.2) is 0 Å². The molecule has 0 fully saturated rings. The Labute approximate surface area is 211 Å². The van der Waals surface area contributed by atoms with Gasteiger partial charge in [-0.3, -0.25) is 9.59 Å². The van der Waals surface area contributed by atoms with E-state index in [2.05, 4.69) is 16.0 Å². The first-order valence-corrected chi connectivity index (χ1v) is 15.9. The molecule has 0 bridgehead atoms. The van der Waals surface area contributed by atoms with E-state index in [1.165, 1.54) is 0 Å². The fraction of sp³-hybridized carbons (Fsp3) is 0.833. The molecule has 5 N–H and O–H groups in total. The zero-order chi connectivity index (χ0) is 27.6. The van der Waals surface area contributed by atoms with Crippen LogP contribution < -0.4 is 21.7 Å². The highest BCUT2D eigenvalue weighted by molar-refractivity contribution is 6.82. The number of ether oxygens (including phenoxy) is 2. The summed E-state index contributed by atoms with van der Waals surface area (Å²) in [7, 11) is -2.40. The number of unbranched alkanes of at least 4 members (excludes halogenated alkanes) is 1. The van der Waals surface area contributed by atoms with Crippen LogP contribution in [0.25, 0.3) is 0 Å². The van der Waals surface area contributed by atoms with Crippen LogP contribution in [0.3, 0.4) is 0 Å². The number of carbonyl (C=O) groups is 4. The first-order valence-electron chi connectivity index (χ1n) is 12.4. The topological polar surface area (TPSA) is 149 Å². The van der Waals surface area contributed by atoms with E-state index in [1.807, 2.05) is 33.5 Å². The zero-order valence-corrected chi connectivity index (χ0v) is 24.3. The maximum Gasteiger partial charge on any atom is 0.407 e. The van der Waals surface area contributed by atoms with Gasteiger partial charge in [0.2, 0.25) is 11.8 Å². The van der Waals surface area contributed by atoms with Crippen molar-refractivity contribution in [3.05, 3.63) is 0 Å². The van der Waals surface area contributed by atoms with Crippen molar-refractivity contribution in [3.63, 3.8) is 0 Å². The number of hydrogen-bond acceptors (Lipinski definition) is 7. The second kappa shape index (κ2) is 13.8. The molecule has 0 rings (SSSR count). The number of hydrogen-bond donors (Lipinski definition) is 4. The summed E-state index contributed by atoms with van der Waals surface area (Å²) in [5.41, 5.74) is 5.31. The van der Waals surface area contributed by atoms with Crippen molar-refractivity contribution < 1.29 is 28.7 Å². The second-order valence-electron chi connectivity index (χ2n) is 11.3. The van der Waals surface area contributed by atoms with Crippen molar-refractivity contribution in [1.29, 1.82) is 0 Å². The third kappa shape index (κ3) is 11.0. The minimum absolute atomic E-state index is 0.0832. The van der Waals surface area contributed by atoms with Gasteiger partial charge in [-0.1, -0.05) is 33.5 Å². The Balaban J connectivity index is 5.46. The maximum absolute atomic E-state index is 13.2. The second-order valence-corrected chi connectivity index (χ2v) is 16.6. The van der Waals surface area contributed by atoms with Gasteiger partial charge in [0.1, 0.15) is 16.8 Å². The third-order valence-electron chi connectivity index (χ3n) is 5.66. The molecule has 0 aliphatic heterocycles. The number of nitrogens with one attached hydrogen (secondary N) is 3. The first kappa shape index (κ1) is 32.9. The minimum Gasteiger partial charge on any atom is -0.464 e. The van der Waals surface area contributed by atoms with Gasteiger partial charge in [0.25, 0.3) is 0 Å². The first-order chi connectivity index (χ1) is 15.9. The summed E-state index contributed by atoms with van der Waals surface area (Å²) in [5, 5.41) is 7.08. The highest BCUT2D eigenvalue weighted by atomic mass is 28.3. The van der Waals surface area contributed by atoms with E-state index in [1.54, 1.807) is 34.6 Å². The van der Waals surface area contributed by atoms with Crippen LogP contribution in [0, 0.1) is 5.92 Å². The van der Waals surface area contributed by atoms with Gasteiger partial charge in [0.15, 0.2) is 0 Å². The van der Waals surface area contributed by atoms with Gasteiger partial charge in [0.05, 0.1) is 20.7 Å². The van der Waals surface area contributed by atoms with Crippen molar-refractivity contribution in [2.24, 2.45) is 11.7 Å². The molecule has 0 heterocycles. The Morgan fingerprint density at radius 3 is 2.00 bits per heavy atom. The van der Waals surface area contributed by atoms with Gasteiger partial charge in [-0.05, 0) is 59.8 Å². The number of nitrogens with two attached hydrogens (primary N) is 1. The van der Waals surface area contributed by atoms with Gasteiger partial charge < -0.3 is 31.2 Å². The Kier molecular flexibility index (Phi) is 13.0. The lowest BCUT2D eigenvalue weighted by atomic mass is 10.0. The summed E-state index contributed by atoms with van der Waals surface area (Å²) in [6.07, 6.45) is 0.973. The smallest absolute Gasteiger partial charge is 0.407 e. The van der Waals surface area contributed by atoms with Crippen molar-refractivity contribution in [2.45, 2.75) is 110 Å². The Bertz CT molecular complexity index is 733. The van der Waals surface area contributed by atoms with Crippen LogP contribution >= 0.6 is 0 Å². The van der Waals surface area contributed by atoms with Crippen molar-refractivity contribution in [3.8, 4) is 0 Å². The molecule has 35 heavy (non-hydrogen) atoms. The van der Waals surface area contributed by atoms with E-state index < -0.39 is 54.8 Å². The predicted molar refractivity (Wildman–Crippen MR) is 139 cm³/mol. The number of alkyl carbamates (subject to hydrolysis) is 1. The molecule has 204 valence electrons. The van der Waals surface area contributed by atoms with Crippen molar-refractivity contribution >= 4 is 32.0 Å². The van der Waals surface area contributed by atoms with Crippen molar-refractivity contribution in [1.82, 2.24) is 16.0 Å². The van der Waals surface area contributed by atoms with E-state index in [4.69, 9.17) is 15.2 Å². The van der Waals surface area contributed by atoms with E-state index in [9.17, 15) is 19.2 Å². The summed E-state index contributed by atoms with van der Waals surface area (Å²) in [4.78, 5) is 50.6.